The van der Waals surface area contributed by atoms with Crippen LogP contribution in [0.1, 0.15) is 37.6 Å². The summed E-state index contributed by atoms with van der Waals surface area (Å²) in [7, 11) is 2.01. The van der Waals surface area contributed by atoms with Crippen LogP contribution in [-0.2, 0) is 13.5 Å². The van der Waals surface area contributed by atoms with E-state index in [9.17, 15) is 0 Å². The maximum atomic E-state index is 5.78. The van der Waals surface area contributed by atoms with Crippen LogP contribution >= 0.6 is 0 Å². The minimum absolute atomic E-state index is 0.596. The van der Waals surface area contributed by atoms with Crippen molar-refractivity contribution in [3.63, 3.8) is 0 Å². The summed E-state index contributed by atoms with van der Waals surface area (Å²) in [6.07, 6.45) is 2.33. The van der Waals surface area contributed by atoms with Crippen molar-refractivity contribution in [2.24, 2.45) is 13.0 Å². The summed E-state index contributed by atoms with van der Waals surface area (Å²) < 4.78 is 2.04. The van der Waals surface area contributed by atoms with Gasteiger partial charge in [-0.05, 0) is 18.8 Å². The second kappa shape index (κ2) is 2.76. The molecule has 1 aliphatic carbocycles. The van der Waals surface area contributed by atoms with Gasteiger partial charge in [0.2, 0.25) is 0 Å². The van der Waals surface area contributed by atoms with E-state index < -0.39 is 0 Å². The van der Waals surface area contributed by atoms with E-state index in [0.717, 1.165) is 12.3 Å². The van der Waals surface area contributed by atoms with Crippen molar-refractivity contribution in [1.29, 1.82) is 0 Å². The number of aryl methyl sites for hydroxylation is 1. The number of fused-ring (bicyclic) bond motifs is 1. The molecule has 0 saturated carbocycles. The molecule has 1 aromatic rings. The van der Waals surface area contributed by atoms with E-state index in [-0.39, 0.29) is 0 Å². The zero-order valence-corrected chi connectivity index (χ0v) is 8.54. The molecule has 3 heteroatoms. The maximum absolute atomic E-state index is 5.78. The normalized spacial score (nSPS) is 27.3. The van der Waals surface area contributed by atoms with Crippen molar-refractivity contribution in [3.05, 3.63) is 11.4 Å². The number of nitrogen functional groups attached to an aromatic ring is 1. The fraction of sp³-hybridized carbons (Fsp3) is 0.700. The molecule has 0 radical (unpaired) electrons. The van der Waals surface area contributed by atoms with E-state index in [1.165, 1.54) is 17.8 Å². The standard InChI is InChI=1S/C10H17N3/c1-6-4-5-8-9(7(6)2)13(3)10(11)12-8/h6-7H,4-5H2,1-3H3,(H2,11,12). The Labute approximate surface area is 79.0 Å². The number of nitrogens with two attached hydrogens (primary N) is 1. The molecular formula is C10H17N3. The van der Waals surface area contributed by atoms with Gasteiger partial charge in [-0.2, -0.15) is 0 Å². The second-order valence-electron chi connectivity index (χ2n) is 4.17. The summed E-state index contributed by atoms with van der Waals surface area (Å²) in [5.41, 5.74) is 8.34. The summed E-state index contributed by atoms with van der Waals surface area (Å²) in [4.78, 5) is 4.38. The van der Waals surface area contributed by atoms with E-state index >= 15 is 0 Å². The quantitative estimate of drug-likeness (QED) is 0.658. The highest BCUT2D eigenvalue weighted by Crippen LogP contribution is 2.35. The highest BCUT2D eigenvalue weighted by atomic mass is 15.1. The third kappa shape index (κ3) is 1.14. The van der Waals surface area contributed by atoms with Gasteiger partial charge in [0.05, 0.1) is 5.69 Å². The molecular weight excluding hydrogens is 162 g/mol. The Hall–Kier alpha value is -0.990. The lowest BCUT2D eigenvalue weighted by Gasteiger charge is -2.26. The molecule has 0 aliphatic heterocycles. The van der Waals surface area contributed by atoms with Crippen LogP contribution in [0.2, 0.25) is 0 Å². The number of rotatable bonds is 0. The topological polar surface area (TPSA) is 43.8 Å². The minimum Gasteiger partial charge on any atom is -0.369 e. The minimum atomic E-state index is 0.596. The molecule has 2 unspecified atom stereocenters. The summed E-state index contributed by atoms with van der Waals surface area (Å²) in [5, 5.41) is 0. The molecule has 2 rings (SSSR count). The van der Waals surface area contributed by atoms with Gasteiger partial charge >= 0.3 is 0 Å². The zero-order chi connectivity index (χ0) is 9.59. The lowest BCUT2D eigenvalue weighted by atomic mass is 9.82. The Morgan fingerprint density at radius 1 is 1.46 bits per heavy atom. The highest BCUT2D eigenvalue weighted by Gasteiger charge is 2.27. The van der Waals surface area contributed by atoms with Gasteiger partial charge in [-0.25, -0.2) is 4.98 Å². The summed E-state index contributed by atoms with van der Waals surface area (Å²) >= 11 is 0. The molecule has 2 atom stereocenters. The second-order valence-corrected chi connectivity index (χ2v) is 4.17. The predicted octanol–water partition coefficient (Wildman–Crippen LogP) is 1.69. The van der Waals surface area contributed by atoms with E-state index in [4.69, 9.17) is 5.73 Å². The van der Waals surface area contributed by atoms with Crippen LogP contribution < -0.4 is 5.73 Å². The molecule has 2 N–H and O–H groups in total. The number of aromatic nitrogens is 2. The predicted molar refractivity (Wildman–Crippen MR) is 53.5 cm³/mol. The van der Waals surface area contributed by atoms with Crippen molar-refractivity contribution < 1.29 is 0 Å². The van der Waals surface area contributed by atoms with E-state index in [1.807, 2.05) is 11.6 Å². The van der Waals surface area contributed by atoms with Gasteiger partial charge in [-0.1, -0.05) is 13.8 Å². The van der Waals surface area contributed by atoms with Crippen LogP contribution in [0, 0.1) is 5.92 Å². The summed E-state index contributed by atoms with van der Waals surface area (Å²) in [5.74, 6) is 2.01. The maximum Gasteiger partial charge on any atom is 0.200 e. The molecule has 0 amide bonds. The first-order valence-corrected chi connectivity index (χ1v) is 4.92. The van der Waals surface area contributed by atoms with Crippen LogP contribution in [-0.4, -0.2) is 9.55 Å². The van der Waals surface area contributed by atoms with Gasteiger partial charge in [-0.15, -0.1) is 0 Å². The average Bonchev–Trinajstić information content (AvgIpc) is 2.37. The number of imidazole rings is 1. The van der Waals surface area contributed by atoms with Crippen LogP contribution in [0.15, 0.2) is 0 Å². The Balaban J connectivity index is 2.51. The van der Waals surface area contributed by atoms with Crippen LogP contribution in [0.3, 0.4) is 0 Å². The number of hydrogen-bond acceptors (Lipinski definition) is 2. The third-order valence-electron chi connectivity index (χ3n) is 3.37. The zero-order valence-electron chi connectivity index (χ0n) is 8.54. The number of anilines is 1. The van der Waals surface area contributed by atoms with Gasteiger partial charge in [0.25, 0.3) is 0 Å². The van der Waals surface area contributed by atoms with E-state index in [0.29, 0.717) is 11.9 Å². The first-order valence-electron chi connectivity index (χ1n) is 4.92. The van der Waals surface area contributed by atoms with Crippen LogP contribution in [0.25, 0.3) is 0 Å². The Morgan fingerprint density at radius 2 is 2.15 bits per heavy atom. The third-order valence-corrected chi connectivity index (χ3v) is 3.37. The molecule has 0 bridgehead atoms. The first kappa shape index (κ1) is 8.60. The highest BCUT2D eigenvalue weighted by molar-refractivity contribution is 5.33. The number of nitrogens with zero attached hydrogens (tertiary/aromatic N) is 2. The molecule has 72 valence electrons. The SMILES string of the molecule is CC1CCc2nc(N)n(C)c2C1C. The van der Waals surface area contributed by atoms with Crippen molar-refractivity contribution in [2.45, 2.75) is 32.6 Å². The summed E-state index contributed by atoms with van der Waals surface area (Å²) in [6.45, 7) is 4.57. The monoisotopic (exact) mass is 179 g/mol. The largest absolute Gasteiger partial charge is 0.369 e. The van der Waals surface area contributed by atoms with Crippen molar-refractivity contribution >= 4 is 5.95 Å². The van der Waals surface area contributed by atoms with Crippen molar-refractivity contribution in [1.82, 2.24) is 9.55 Å². The molecule has 13 heavy (non-hydrogen) atoms. The Morgan fingerprint density at radius 3 is 2.85 bits per heavy atom. The van der Waals surface area contributed by atoms with Gasteiger partial charge in [0, 0.05) is 18.7 Å². The fourth-order valence-corrected chi connectivity index (χ4v) is 2.22. The van der Waals surface area contributed by atoms with E-state index in [1.54, 1.807) is 0 Å². The molecule has 0 aromatic carbocycles. The van der Waals surface area contributed by atoms with Gasteiger partial charge in [0.1, 0.15) is 0 Å². The van der Waals surface area contributed by atoms with Gasteiger partial charge < -0.3 is 10.3 Å². The molecule has 0 saturated heterocycles. The molecule has 1 aromatic heterocycles. The Bertz CT molecular complexity index is 327. The molecule has 0 spiro atoms. The van der Waals surface area contributed by atoms with Crippen molar-refractivity contribution in [3.8, 4) is 0 Å². The van der Waals surface area contributed by atoms with E-state index in [2.05, 4.69) is 18.8 Å². The smallest absolute Gasteiger partial charge is 0.200 e. The lowest BCUT2D eigenvalue weighted by Crippen LogP contribution is -2.18. The van der Waals surface area contributed by atoms with Crippen LogP contribution in [0.5, 0.6) is 0 Å². The Kier molecular flexibility index (Phi) is 1.82. The number of hydrogen-bond donors (Lipinski definition) is 1. The lowest BCUT2D eigenvalue weighted by molar-refractivity contribution is 0.408. The van der Waals surface area contributed by atoms with Crippen molar-refractivity contribution in [2.75, 3.05) is 5.73 Å². The van der Waals surface area contributed by atoms with Crippen LogP contribution in [0.4, 0.5) is 5.95 Å². The summed E-state index contributed by atoms with van der Waals surface area (Å²) in [6, 6.07) is 0. The molecule has 3 nitrogen and oxygen atoms in total. The first-order chi connectivity index (χ1) is 6.11. The molecule has 1 aliphatic rings. The fourth-order valence-electron chi connectivity index (χ4n) is 2.22. The molecule has 1 heterocycles. The van der Waals surface area contributed by atoms with Gasteiger partial charge in [0.15, 0.2) is 5.95 Å². The average molecular weight is 179 g/mol. The molecule has 0 fully saturated rings. The van der Waals surface area contributed by atoms with Gasteiger partial charge in [-0.3, -0.25) is 0 Å².